The minimum absolute atomic E-state index is 0.450. The maximum atomic E-state index is 5.13. The van der Waals surface area contributed by atoms with Crippen LogP contribution in [0.4, 0.5) is 0 Å². The molecule has 0 aliphatic carbocycles. The molecular weight excluding hydrogens is 126 g/mol. The highest BCUT2D eigenvalue weighted by atomic mass is 16.5. The zero-order valence-electron chi connectivity index (χ0n) is 6.89. The Morgan fingerprint density at radius 3 is 2.50 bits per heavy atom. The van der Waals surface area contributed by atoms with Crippen LogP contribution in [-0.4, -0.2) is 38.1 Å². The van der Waals surface area contributed by atoms with Crippen LogP contribution >= 0.6 is 0 Å². The van der Waals surface area contributed by atoms with Crippen molar-refractivity contribution in [2.75, 3.05) is 26.8 Å². The van der Waals surface area contributed by atoms with Crippen molar-refractivity contribution in [2.45, 2.75) is 13.3 Å². The predicted molar refractivity (Wildman–Crippen MR) is 41.7 cm³/mol. The summed E-state index contributed by atoms with van der Waals surface area (Å²) in [7, 11) is 2.00. The van der Waals surface area contributed by atoms with Gasteiger partial charge in [0.25, 0.3) is 0 Å². The molecule has 10 heavy (non-hydrogen) atoms. The molecule has 0 N–H and O–H groups in total. The molecule has 0 unspecified atom stereocenters. The van der Waals surface area contributed by atoms with Crippen LogP contribution in [0.3, 0.4) is 0 Å². The average Bonchev–Trinajstić information content (AvgIpc) is 1.79. The Bertz CT molecular complexity index is 138. The summed E-state index contributed by atoms with van der Waals surface area (Å²) in [6.07, 6.45) is 1.20. The maximum absolute atomic E-state index is 5.13. The molecule has 2 nitrogen and oxygen atoms in total. The van der Waals surface area contributed by atoms with Crippen LogP contribution in [0.2, 0.25) is 0 Å². The Morgan fingerprint density at radius 1 is 1.60 bits per heavy atom. The second-order valence-corrected chi connectivity index (χ2v) is 3.63. The monoisotopic (exact) mass is 142 g/mol. The smallest absolute Gasteiger partial charge is 0.142 e. The molecule has 0 aromatic carbocycles. The van der Waals surface area contributed by atoms with E-state index in [1.165, 1.54) is 6.42 Å². The van der Waals surface area contributed by atoms with Gasteiger partial charge < -0.3 is 4.74 Å². The lowest BCUT2D eigenvalue weighted by Crippen LogP contribution is -2.41. The first kappa shape index (κ1) is 7.73. The molecule has 0 aromatic heterocycles. The van der Waals surface area contributed by atoms with Crippen molar-refractivity contribution < 1.29 is 9.31 Å². The second kappa shape index (κ2) is 2.70. The van der Waals surface area contributed by atoms with E-state index < -0.39 is 0 Å². The summed E-state index contributed by atoms with van der Waals surface area (Å²) in [6, 6.07) is 0. The Hall–Kier alpha value is -0.370. The highest BCUT2D eigenvalue weighted by Crippen LogP contribution is 2.29. The van der Waals surface area contributed by atoms with Crippen LogP contribution < -0.4 is 0 Å². The zero-order valence-corrected chi connectivity index (χ0v) is 6.89. The molecule has 1 rings (SSSR count). The van der Waals surface area contributed by atoms with Gasteiger partial charge >= 0.3 is 0 Å². The predicted octanol–water partition coefficient (Wildman–Crippen LogP) is 0.756. The van der Waals surface area contributed by atoms with Crippen molar-refractivity contribution in [3.05, 3.63) is 0 Å². The molecule has 1 saturated heterocycles. The largest absolute Gasteiger partial charge is 0.380 e. The summed E-state index contributed by atoms with van der Waals surface area (Å²) in [4.78, 5) is 0. The average molecular weight is 142 g/mol. The van der Waals surface area contributed by atoms with Crippen molar-refractivity contribution in [2.24, 2.45) is 5.41 Å². The van der Waals surface area contributed by atoms with Gasteiger partial charge in [-0.05, 0) is 0 Å². The SMILES string of the molecule is C=[N+](C)CCC1(C)COC1. The Morgan fingerprint density at radius 2 is 2.20 bits per heavy atom. The van der Waals surface area contributed by atoms with Gasteiger partial charge in [0.1, 0.15) is 20.3 Å². The van der Waals surface area contributed by atoms with Gasteiger partial charge in [-0.3, -0.25) is 0 Å². The Labute approximate surface area is 62.5 Å². The molecule has 2 heteroatoms. The van der Waals surface area contributed by atoms with E-state index in [1.807, 2.05) is 11.6 Å². The van der Waals surface area contributed by atoms with Gasteiger partial charge in [0.2, 0.25) is 0 Å². The van der Waals surface area contributed by atoms with Gasteiger partial charge in [0.15, 0.2) is 0 Å². The number of hydrogen-bond acceptors (Lipinski definition) is 1. The fraction of sp³-hybridized carbons (Fsp3) is 0.875. The molecule has 0 spiro atoms. The van der Waals surface area contributed by atoms with Crippen LogP contribution in [0.5, 0.6) is 0 Å². The quantitative estimate of drug-likeness (QED) is 0.418. The fourth-order valence-electron chi connectivity index (χ4n) is 1.06. The minimum atomic E-state index is 0.450. The summed E-state index contributed by atoms with van der Waals surface area (Å²) in [5.41, 5.74) is 0.450. The van der Waals surface area contributed by atoms with Crippen molar-refractivity contribution in [1.29, 1.82) is 0 Å². The molecule has 0 saturated carbocycles. The van der Waals surface area contributed by atoms with Crippen molar-refractivity contribution >= 4 is 6.72 Å². The lowest BCUT2D eigenvalue weighted by molar-refractivity contribution is -0.492. The van der Waals surface area contributed by atoms with Crippen molar-refractivity contribution in [3.8, 4) is 0 Å². The van der Waals surface area contributed by atoms with E-state index in [2.05, 4.69) is 13.6 Å². The van der Waals surface area contributed by atoms with Crippen molar-refractivity contribution in [1.82, 2.24) is 0 Å². The molecule has 0 amide bonds. The van der Waals surface area contributed by atoms with Crippen LogP contribution in [0.15, 0.2) is 0 Å². The number of nitrogens with zero attached hydrogens (tertiary/aromatic N) is 1. The molecule has 1 heterocycles. The molecule has 1 aliphatic rings. The summed E-state index contributed by atoms with van der Waals surface area (Å²) < 4.78 is 7.11. The normalized spacial score (nSPS) is 21.8. The molecule has 0 radical (unpaired) electrons. The summed E-state index contributed by atoms with van der Waals surface area (Å²) in [6.45, 7) is 8.99. The highest BCUT2D eigenvalue weighted by molar-refractivity contribution is 5.14. The Kier molecular flexibility index (Phi) is 2.09. The first-order valence-corrected chi connectivity index (χ1v) is 3.72. The first-order valence-electron chi connectivity index (χ1n) is 3.72. The van der Waals surface area contributed by atoms with Gasteiger partial charge in [0.05, 0.1) is 13.2 Å². The molecule has 58 valence electrons. The molecule has 0 aromatic rings. The number of hydrogen-bond donors (Lipinski definition) is 0. The first-order chi connectivity index (χ1) is 4.62. The summed E-state index contributed by atoms with van der Waals surface area (Å²) >= 11 is 0. The maximum Gasteiger partial charge on any atom is 0.142 e. The fourth-order valence-corrected chi connectivity index (χ4v) is 1.06. The van der Waals surface area contributed by atoms with E-state index >= 15 is 0 Å². The van der Waals surface area contributed by atoms with Crippen LogP contribution in [0.1, 0.15) is 13.3 Å². The van der Waals surface area contributed by atoms with E-state index in [4.69, 9.17) is 4.74 Å². The number of ether oxygens (including phenoxy) is 1. The highest BCUT2D eigenvalue weighted by Gasteiger charge is 2.33. The van der Waals surface area contributed by atoms with Gasteiger partial charge in [-0.25, -0.2) is 4.58 Å². The summed E-state index contributed by atoms with van der Waals surface area (Å²) in [5.74, 6) is 0. The topological polar surface area (TPSA) is 12.2 Å². The standard InChI is InChI=1S/C8H16NO/c1-8(6-10-7-8)4-5-9(2)3/h2,4-7H2,1,3H3/q+1. The van der Waals surface area contributed by atoms with Crippen LogP contribution in [-0.2, 0) is 4.74 Å². The van der Waals surface area contributed by atoms with Crippen LogP contribution in [0.25, 0.3) is 0 Å². The molecule has 0 bridgehead atoms. The van der Waals surface area contributed by atoms with E-state index in [0.29, 0.717) is 5.41 Å². The third kappa shape index (κ3) is 1.81. The second-order valence-electron chi connectivity index (χ2n) is 3.63. The zero-order chi connectivity index (χ0) is 7.61. The molecule has 1 aliphatic heterocycles. The third-order valence-electron chi connectivity index (χ3n) is 2.00. The van der Waals surface area contributed by atoms with Gasteiger partial charge in [-0.2, -0.15) is 0 Å². The van der Waals surface area contributed by atoms with Crippen LogP contribution in [0, 0.1) is 5.41 Å². The molecular formula is C8H16NO+. The minimum Gasteiger partial charge on any atom is -0.380 e. The van der Waals surface area contributed by atoms with Gasteiger partial charge in [-0.15, -0.1) is 0 Å². The molecule has 0 atom stereocenters. The lowest BCUT2D eigenvalue weighted by Gasteiger charge is -2.37. The summed E-state index contributed by atoms with van der Waals surface area (Å²) in [5, 5.41) is 0. The van der Waals surface area contributed by atoms with E-state index in [-0.39, 0.29) is 0 Å². The number of rotatable bonds is 3. The molecule has 1 fully saturated rings. The van der Waals surface area contributed by atoms with Crippen molar-refractivity contribution in [3.63, 3.8) is 0 Å². The van der Waals surface area contributed by atoms with E-state index in [0.717, 1.165) is 19.8 Å². The van der Waals surface area contributed by atoms with E-state index in [9.17, 15) is 0 Å². The third-order valence-corrected chi connectivity index (χ3v) is 2.00. The van der Waals surface area contributed by atoms with Gasteiger partial charge in [0, 0.05) is 11.8 Å². The Balaban J connectivity index is 2.18. The van der Waals surface area contributed by atoms with E-state index in [1.54, 1.807) is 0 Å². The van der Waals surface area contributed by atoms with Gasteiger partial charge in [-0.1, -0.05) is 6.92 Å². The lowest BCUT2D eigenvalue weighted by atomic mass is 9.85.